The van der Waals surface area contributed by atoms with Crippen molar-refractivity contribution in [2.45, 2.75) is 38.5 Å². The number of benzene rings is 1. The van der Waals surface area contributed by atoms with Crippen LogP contribution in [0.3, 0.4) is 0 Å². The van der Waals surface area contributed by atoms with E-state index in [-0.39, 0.29) is 12.6 Å². The number of esters is 1. The first kappa shape index (κ1) is 18.3. The monoisotopic (exact) mass is 310 g/mol. The van der Waals surface area contributed by atoms with Crippen molar-refractivity contribution in [3.8, 4) is 11.5 Å². The van der Waals surface area contributed by atoms with Crippen LogP contribution in [0, 0.1) is 0 Å². The maximum Gasteiger partial charge on any atom is 0.305 e. The first-order chi connectivity index (χ1) is 10.7. The Balaban J connectivity index is 2.40. The predicted octanol–water partition coefficient (Wildman–Crippen LogP) is 2.73. The summed E-state index contributed by atoms with van der Waals surface area (Å²) in [6, 6.07) is 5.75. The van der Waals surface area contributed by atoms with Crippen molar-refractivity contribution < 1.29 is 24.1 Å². The van der Waals surface area contributed by atoms with Crippen LogP contribution in [0.4, 0.5) is 0 Å². The van der Waals surface area contributed by atoms with Gasteiger partial charge >= 0.3 is 5.97 Å². The Bertz CT molecular complexity index is 445. The second-order valence-corrected chi connectivity index (χ2v) is 5.04. The highest BCUT2D eigenvalue weighted by Crippen LogP contribution is 2.26. The number of methoxy groups -OCH3 is 2. The maximum atomic E-state index is 11.0. The SMILES string of the molecule is COC(=O)CCCCCOc1cc(OC)ccc1CCCO. The molecule has 0 bridgehead atoms. The van der Waals surface area contributed by atoms with Gasteiger partial charge in [0.15, 0.2) is 0 Å². The van der Waals surface area contributed by atoms with E-state index in [1.165, 1.54) is 7.11 Å². The van der Waals surface area contributed by atoms with Crippen molar-refractivity contribution >= 4 is 5.97 Å². The second-order valence-electron chi connectivity index (χ2n) is 5.04. The molecule has 0 saturated heterocycles. The zero-order chi connectivity index (χ0) is 16.2. The van der Waals surface area contributed by atoms with Gasteiger partial charge in [-0.1, -0.05) is 6.07 Å². The van der Waals surface area contributed by atoms with Gasteiger partial charge in [0.25, 0.3) is 0 Å². The minimum atomic E-state index is -0.167. The van der Waals surface area contributed by atoms with E-state index in [0.29, 0.717) is 19.4 Å². The lowest BCUT2D eigenvalue weighted by molar-refractivity contribution is -0.140. The largest absolute Gasteiger partial charge is 0.497 e. The summed E-state index contributed by atoms with van der Waals surface area (Å²) in [5.41, 5.74) is 1.07. The minimum absolute atomic E-state index is 0.166. The molecule has 0 fully saturated rings. The van der Waals surface area contributed by atoms with Crippen molar-refractivity contribution in [1.82, 2.24) is 0 Å². The van der Waals surface area contributed by atoms with Crippen LogP contribution < -0.4 is 9.47 Å². The Labute approximate surface area is 132 Å². The molecule has 0 aliphatic heterocycles. The van der Waals surface area contributed by atoms with Crippen LogP contribution in [-0.4, -0.2) is 38.5 Å². The molecule has 5 heteroatoms. The molecule has 5 nitrogen and oxygen atoms in total. The molecule has 1 rings (SSSR count). The third kappa shape index (κ3) is 6.80. The van der Waals surface area contributed by atoms with E-state index in [4.69, 9.17) is 14.6 Å². The fourth-order valence-corrected chi connectivity index (χ4v) is 2.10. The van der Waals surface area contributed by atoms with Crippen LogP contribution in [0.5, 0.6) is 11.5 Å². The van der Waals surface area contributed by atoms with Crippen molar-refractivity contribution in [3.05, 3.63) is 23.8 Å². The quantitative estimate of drug-likeness (QED) is 0.503. The summed E-state index contributed by atoms with van der Waals surface area (Å²) in [7, 11) is 3.03. The molecule has 22 heavy (non-hydrogen) atoms. The van der Waals surface area contributed by atoms with Gasteiger partial charge in [-0.2, -0.15) is 0 Å². The Hall–Kier alpha value is -1.75. The van der Waals surface area contributed by atoms with Crippen molar-refractivity contribution in [1.29, 1.82) is 0 Å². The Morgan fingerprint density at radius 2 is 1.95 bits per heavy atom. The van der Waals surface area contributed by atoms with Gasteiger partial charge in [0.05, 0.1) is 20.8 Å². The number of hydrogen-bond acceptors (Lipinski definition) is 5. The Kier molecular flexibility index (Phi) is 9.07. The van der Waals surface area contributed by atoms with Crippen LogP contribution in [0.15, 0.2) is 18.2 Å². The highest BCUT2D eigenvalue weighted by atomic mass is 16.5. The lowest BCUT2D eigenvalue weighted by Gasteiger charge is -2.13. The molecule has 0 spiro atoms. The molecule has 1 aromatic rings. The molecule has 0 atom stereocenters. The number of carbonyl (C=O) groups is 1. The van der Waals surface area contributed by atoms with Gasteiger partial charge in [-0.25, -0.2) is 0 Å². The number of unbranched alkanes of at least 4 members (excludes halogenated alkanes) is 2. The standard InChI is InChI=1S/C17H26O5/c1-20-15-10-9-14(7-6-11-18)16(13-15)22-12-5-3-4-8-17(19)21-2/h9-10,13,18H,3-8,11-12H2,1-2H3. The highest BCUT2D eigenvalue weighted by Gasteiger charge is 2.06. The molecule has 0 aliphatic rings. The average Bonchev–Trinajstić information content (AvgIpc) is 2.56. The zero-order valence-electron chi connectivity index (χ0n) is 13.5. The molecule has 0 unspecified atom stereocenters. The third-order valence-electron chi connectivity index (χ3n) is 3.39. The van der Waals surface area contributed by atoms with E-state index >= 15 is 0 Å². The van der Waals surface area contributed by atoms with Gasteiger partial charge in [-0.15, -0.1) is 0 Å². The average molecular weight is 310 g/mol. The van der Waals surface area contributed by atoms with Gasteiger partial charge in [0.2, 0.25) is 0 Å². The topological polar surface area (TPSA) is 65.0 Å². The molecule has 0 radical (unpaired) electrons. The van der Waals surface area contributed by atoms with Crippen LogP contribution >= 0.6 is 0 Å². The number of ether oxygens (including phenoxy) is 3. The van der Waals surface area contributed by atoms with Gasteiger partial charge in [0.1, 0.15) is 11.5 Å². The summed E-state index contributed by atoms with van der Waals surface area (Å²) >= 11 is 0. The number of aryl methyl sites for hydroxylation is 1. The number of carbonyl (C=O) groups excluding carboxylic acids is 1. The van der Waals surface area contributed by atoms with Gasteiger partial charge < -0.3 is 19.3 Å². The van der Waals surface area contributed by atoms with E-state index in [0.717, 1.165) is 42.7 Å². The molecule has 1 aromatic carbocycles. The number of rotatable bonds is 11. The molecule has 0 aliphatic carbocycles. The lowest BCUT2D eigenvalue weighted by atomic mass is 10.1. The number of aliphatic hydroxyl groups is 1. The summed E-state index contributed by atoms with van der Waals surface area (Å²) in [5.74, 6) is 1.40. The molecule has 0 heterocycles. The van der Waals surface area contributed by atoms with E-state index < -0.39 is 0 Å². The highest BCUT2D eigenvalue weighted by molar-refractivity contribution is 5.68. The minimum Gasteiger partial charge on any atom is -0.497 e. The second kappa shape index (κ2) is 10.9. The summed E-state index contributed by atoms with van der Waals surface area (Å²) < 4.78 is 15.6. The smallest absolute Gasteiger partial charge is 0.305 e. The van der Waals surface area contributed by atoms with Crippen LogP contribution in [0.2, 0.25) is 0 Å². The van der Waals surface area contributed by atoms with Crippen molar-refractivity contribution in [2.24, 2.45) is 0 Å². The lowest BCUT2D eigenvalue weighted by Crippen LogP contribution is -2.03. The Morgan fingerprint density at radius 1 is 1.14 bits per heavy atom. The molecule has 1 N–H and O–H groups in total. The maximum absolute atomic E-state index is 11.0. The molecule has 0 amide bonds. The Morgan fingerprint density at radius 3 is 2.64 bits per heavy atom. The normalized spacial score (nSPS) is 10.3. The number of aliphatic hydroxyl groups excluding tert-OH is 1. The predicted molar refractivity (Wildman–Crippen MR) is 84.4 cm³/mol. The van der Waals surface area contributed by atoms with E-state index in [9.17, 15) is 4.79 Å². The fourth-order valence-electron chi connectivity index (χ4n) is 2.10. The van der Waals surface area contributed by atoms with Crippen LogP contribution in [0.1, 0.15) is 37.7 Å². The van der Waals surface area contributed by atoms with Crippen LogP contribution in [0.25, 0.3) is 0 Å². The fraction of sp³-hybridized carbons (Fsp3) is 0.588. The van der Waals surface area contributed by atoms with Crippen molar-refractivity contribution in [3.63, 3.8) is 0 Å². The summed E-state index contributed by atoms with van der Waals surface area (Å²) in [5, 5.41) is 8.95. The van der Waals surface area contributed by atoms with Gasteiger partial charge in [-0.3, -0.25) is 4.79 Å². The molecule has 124 valence electrons. The van der Waals surface area contributed by atoms with E-state index in [1.807, 2.05) is 18.2 Å². The molecule has 0 saturated carbocycles. The zero-order valence-corrected chi connectivity index (χ0v) is 13.5. The van der Waals surface area contributed by atoms with Crippen LogP contribution in [-0.2, 0) is 16.0 Å². The third-order valence-corrected chi connectivity index (χ3v) is 3.39. The van der Waals surface area contributed by atoms with Gasteiger partial charge in [-0.05, 0) is 43.7 Å². The molecule has 0 aromatic heterocycles. The first-order valence-electron chi connectivity index (χ1n) is 7.68. The van der Waals surface area contributed by atoms with E-state index in [1.54, 1.807) is 7.11 Å². The number of hydrogen-bond donors (Lipinski definition) is 1. The first-order valence-corrected chi connectivity index (χ1v) is 7.68. The summed E-state index contributed by atoms with van der Waals surface area (Å²) in [4.78, 5) is 11.0. The van der Waals surface area contributed by atoms with E-state index in [2.05, 4.69) is 4.74 Å². The molecular formula is C17H26O5. The van der Waals surface area contributed by atoms with Crippen molar-refractivity contribution in [2.75, 3.05) is 27.4 Å². The summed E-state index contributed by atoms with van der Waals surface area (Å²) in [6.45, 7) is 0.763. The molecular weight excluding hydrogens is 284 g/mol. The summed E-state index contributed by atoms with van der Waals surface area (Å²) in [6.07, 6.45) is 4.56. The van der Waals surface area contributed by atoms with Gasteiger partial charge in [0, 0.05) is 19.1 Å².